The Hall–Kier alpha value is -1.12. The molecule has 2 saturated carbocycles. The van der Waals surface area contributed by atoms with Gasteiger partial charge in [0.05, 0.1) is 6.42 Å². The van der Waals surface area contributed by atoms with Gasteiger partial charge in [0.15, 0.2) is 0 Å². The Labute approximate surface area is 133 Å². The van der Waals surface area contributed by atoms with Crippen LogP contribution in [-0.4, -0.2) is 16.9 Å². The number of fused-ring (bicyclic) bond motifs is 3. The van der Waals surface area contributed by atoms with Crippen molar-refractivity contribution in [2.45, 2.75) is 72.1 Å². The number of hydrogen-bond acceptors (Lipinski definition) is 2. The van der Waals surface area contributed by atoms with Gasteiger partial charge in [-0.2, -0.15) is 0 Å². The highest BCUT2D eigenvalue weighted by Crippen LogP contribution is 2.63. The summed E-state index contributed by atoms with van der Waals surface area (Å²) in [5, 5.41) is 9.20. The maximum absolute atomic E-state index is 12.5. The molecule has 0 saturated heterocycles. The molecule has 0 aromatic heterocycles. The van der Waals surface area contributed by atoms with Crippen molar-refractivity contribution in [3.05, 3.63) is 11.6 Å². The Kier molecular flexibility index (Phi) is 3.54. The standard InChI is InChI=1S/C19H28O3/c1-17(12-16(21)22)9-10-18(2)13(11-17)7-8-19(3)14(18)5-4-6-15(19)20/h5,13H,4,6-12H2,1-3H3,(H,21,22)/t13-,17-,18-,19+/m1/s1. The lowest BCUT2D eigenvalue weighted by atomic mass is 9.46. The first-order valence-electron chi connectivity index (χ1n) is 8.66. The molecule has 2 fully saturated rings. The first kappa shape index (κ1) is 15.8. The lowest BCUT2D eigenvalue weighted by Crippen LogP contribution is -2.51. The zero-order valence-corrected chi connectivity index (χ0v) is 14.1. The van der Waals surface area contributed by atoms with Gasteiger partial charge in [-0.15, -0.1) is 0 Å². The minimum absolute atomic E-state index is 0.0804. The highest BCUT2D eigenvalue weighted by atomic mass is 16.4. The Morgan fingerprint density at radius 1 is 1.27 bits per heavy atom. The van der Waals surface area contributed by atoms with Crippen molar-refractivity contribution in [1.29, 1.82) is 0 Å². The molecule has 3 heteroatoms. The second-order valence-electron chi connectivity index (χ2n) is 8.65. The normalized spacial score (nSPS) is 44.8. The van der Waals surface area contributed by atoms with Crippen LogP contribution in [0.2, 0.25) is 0 Å². The summed E-state index contributed by atoms with van der Waals surface area (Å²) in [6, 6.07) is 0. The van der Waals surface area contributed by atoms with Crippen LogP contribution in [0.4, 0.5) is 0 Å². The van der Waals surface area contributed by atoms with Crippen LogP contribution in [0.15, 0.2) is 11.6 Å². The van der Waals surface area contributed by atoms with Gasteiger partial charge in [-0.05, 0) is 62.2 Å². The largest absolute Gasteiger partial charge is 0.481 e. The van der Waals surface area contributed by atoms with E-state index in [4.69, 9.17) is 0 Å². The third-order valence-electron chi connectivity index (χ3n) is 7.00. The van der Waals surface area contributed by atoms with Crippen LogP contribution in [-0.2, 0) is 9.59 Å². The van der Waals surface area contributed by atoms with Crippen molar-refractivity contribution in [1.82, 2.24) is 0 Å². The van der Waals surface area contributed by atoms with E-state index in [-0.39, 0.29) is 22.7 Å². The summed E-state index contributed by atoms with van der Waals surface area (Å²) in [5.74, 6) is 0.262. The fraction of sp³-hybridized carbons (Fsp3) is 0.789. The number of Topliss-reactive ketones (excluding diaryl/α,β-unsaturated/α-hetero) is 1. The van der Waals surface area contributed by atoms with Gasteiger partial charge in [-0.3, -0.25) is 9.59 Å². The highest BCUT2D eigenvalue weighted by Gasteiger charge is 2.56. The van der Waals surface area contributed by atoms with E-state index in [0.29, 0.717) is 18.1 Å². The predicted octanol–water partition coefficient (Wildman–Crippen LogP) is 4.36. The molecule has 3 rings (SSSR count). The molecule has 0 spiro atoms. The van der Waals surface area contributed by atoms with Crippen LogP contribution < -0.4 is 0 Å². The molecule has 122 valence electrons. The molecular formula is C19H28O3. The fourth-order valence-electron chi connectivity index (χ4n) is 5.59. The summed E-state index contributed by atoms with van der Waals surface area (Å²) in [4.78, 5) is 23.7. The van der Waals surface area contributed by atoms with E-state index in [1.54, 1.807) is 0 Å². The number of ketones is 1. The number of hydrogen-bond donors (Lipinski definition) is 1. The van der Waals surface area contributed by atoms with Crippen molar-refractivity contribution in [3.63, 3.8) is 0 Å². The molecule has 22 heavy (non-hydrogen) atoms. The van der Waals surface area contributed by atoms with Gasteiger partial charge >= 0.3 is 5.97 Å². The molecule has 0 heterocycles. The Balaban J connectivity index is 1.91. The minimum atomic E-state index is -0.682. The van der Waals surface area contributed by atoms with Crippen LogP contribution in [0.5, 0.6) is 0 Å². The maximum Gasteiger partial charge on any atom is 0.303 e. The predicted molar refractivity (Wildman–Crippen MR) is 85.5 cm³/mol. The van der Waals surface area contributed by atoms with Gasteiger partial charge in [0.25, 0.3) is 0 Å². The number of carbonyl (C=O) groups is 2. The zero-order valence-electron chi connectivity index (χ0n) is 14.1. The monoisotopic (exact) mass is 304 g/mol. The summed E-state index contributed by atoms with van der Waals surface area (Å²) >= 11 is 0. The van der Waals surface area contributed by atoms with Crippen LogP contribution in [0.3, 0.4) is 0 Å². The topological polar surface area (TPSA) is 54.4 Å². The molecular weight excluding hydrogens is 276 g/mol. The van der Waals surface area contributed by atoms with Crippen LogP contribution >= 0.6 is 0 Å². The van der Waals surface area contributed by atoms with E-state index in [1.165, 1.54) is 5.57 Å². The molecule has 0 aromatic carbocycles. The SMILES string of the molecule is C[C@@]1(CC(=O)O)CC[C@@]2(C)C3=CCCC(=O)[C@@]3(C)CC[C@@H]2C1. The molecule has 0 aliphatic heterocycles. The van der Waals surface area contributed by atoms with Gasteiger partial charge in [0.1, 0.15) is 5.78 Å². The van der Waals surface area contributed by atoms with E-state index in [0.717, 1.165) is 38.5 Å². The summed E-state index contributed by atoms with van der Waals surface area (Å²) in [5.41, 5.74) is 1.15. The van der Waals surface area contributed by atoms with Crippen molar-refractivity contribution >= 4 is 11.8 Å². The minimum Gasteiger partial charge on any atom is -0.481 e. The first-order valence-corrected chi connectivity index (χ1v) is 8.66. The smallest absolute Gasteiger partial charge is 0.303 e. The highest BCUT2D eigenvalue weighted by molar-refractivity contribution is 5.89. The number of carboxylic acids is 1. The Bertz CT molecular complexity index is 549. The number of rotatable bonds is 2. The van der Waals surface area contributed by atoms with E-state index >= 15 is 0 Å². The van der Waals surface area contributed by atoms with Gasteiger partial charge in [-0.1, -0.05) is 25.5 Å². The number of aliphatic carboxylic acids is 1. The lowest BCUT2D eigenvalue weighted by molar-refractivity contribution is -0.141. The molecule has 0 radical (unpaired) electrons. The number of carbonyl (C=O) groups excluding carboxylic acids is 1. The average Bonchev–Trinajstić information content (AvgIpc) is 2.42. The Morgan fingerprint density at radius 2 is 2.00 bits per heavy atom. The molecule has 0 amide bonds. The third kappa shape index (κ3) is 2.24. The van der Waals surface area contributed by atoms with Crippen LogP contribution in [0, 0.1) is 22.2 Å². The van der Waals surface area contributed by atoms with Crippen molar-refractivity contribution in [2.75, 3.05) is 0 Å². The summed E-state index contributed by atoms with van der Waals surface area (Å²) in [6.45, 7) is 6.61. The molecule has 0 aromatic rings. The van der Waals surface area contributed by atoms with Crippen LogP contribution in [0.25, 0.3) is 0 Å². The summed E-state index contributed by atoms with van der Waals surface area (Å²) in [7, 11) is 0. The van der Waals surface area contributed by atoms with Crippen molar-refractivity contribution < 1.29 is 14.7 Å². The number of allylic oxidation sites excluding steroid dienone is 2. The second kappa shape index (κ2) is 4.94. The van der Waals surface area contributed by atoms with Gasteiger partial charge in [0, 0.05) is 11.8 Å². The second-order valence-corrected chi connectivity index (χ2v) is 8.65. The van der Waals surface area contributed by atoms with Gasteiger partial charge in [0.2, 0.25) is 0 Å². The van der Waals surface area contributed by atoms with Crippen molar-refractivity contribution in [3.8, 4) is 0 Å². The molecule has 1 N–H and O–H groups in total. The first-order chi connectivity index (χ1) is 10.2. The lowest BCUT2D eigenvalue weighted by Gasteiger charge is -2.58. The summed E-state index contributed by atoms with van der Waals surface area (Å²) in [6.07, 6.45) is 9.16. The molecule has 4 atom stereocenters. The molecule has 0 unspecified atom stereocenters. The molecule has 3 aliphatic carbocycles. The molecule has 3 nitrogen and oxygen atoms in total. The summed E-state index contributed by atoms with van der Waals surface area (Å²) < 4.78 is 0. The zero-order chi connectivity index (χ0) is 16.2. The Morgan fingerprint density at radius 3 is 2.68 bits per heavy atom. The van der Waals surface area contributed by atoms with E-state index in [2.05, 4.69) is 26.8 Å². The third-order valence-corrected chi connectivity index (χ3v) is 7.00. The van der Waals surface area contributed by atoms with Gasteiger partial charge < -0.3 is 5.11 Å². The number of carboxylic acid groups (broad SMARTS) is 1. The fourth-order valence-corrected chi connectivity index (χ4v) is 5.59. The van der Waals surface area contributed by atoms with E-state index < -0.39 is 5.97 Å². The van der Waals surface area contributed by atoms with Gasteiger partial charge in [-0.25, -0.2) is 0 Å². The van der Waals surface area contributed by atoms with Crippen molar-refractivity contribution in [2.24, 2.45) is 22.2 Å². The molecule has 0 bridgehead atoms. The quantitative estimate of drug-likeness (QED) is 0.771. The van der Waals surface area contributed by atoms with E-state index in [9.17, 15) is 14.7 Å². The van der Waals surface area contributed by atoms with Crippen LogP contribution in [0.1, 0.15) is 72.1 Å². The van der Waals surface area contributed by atoms with E-state index in [1.807, 2.05) is 0 Å². The maximum atomic E-state index is 12.5. The average molecular weight is 304 g/mol. The molecule has 3 aliphatic rings.